The molecule has 0 aromatic heterocycles. The molecule has 19 heavy (non-hydrogen) atoms. The quantitative estimate of drug-likeness (QED) is 0.852. The Kier molecular flexibility index (Phi) is 4.61. The summed E-state index contributed by atoms with van der Waals surface area (Å²) in [6.07, 6.45) is 0.382. The number of halogens is 3. The van der Waals surface area contributed by atoms with Crippen molar-refractivity contribution in [3.8, 4) is 0 Å². The fourth-order valence-electron chi connectivity index (χ4n) is 1.96. The van der Waals surface area contributed by atoms with Crippen molar-refractivity contribution in [1.82, 2.24) is 0 Å². The Hall–Kier alpha value is -0.900. The minimum atomic E-state index is -0.309. The summed E-state index contributed by atoms with van der Waals surface area (Å²) < 4.78 is 14.8. The van der Waals surface area contributed by atoms with E-state index in [1.807, 2.05) is 25.1 Å². The van der Waals surface area contributed by atoms with Gasteiger partial charge < -0.3 is 5.73 Å². The summed E-state index contributed by atoms with van der Waals surface area (Å²) in [5.41, 5.74) is 8.69. The highest BCUT2D eigenvalue weighted by Gasteiger charge is 2.13. The molecule has 0 fully saturated rings. The zero-order valence-corrected chi connectivity index (χ0v) is 12.8. The largest absolute Gasteiger partial charge is 0.324 e. The standard InChI is InChI=1S/C15H14BrClFN/c1-9-7-10(5-6-12(9)16)15(19)8-11-13(17)3-2-4-14(11)18/h2-7,15H,8,19H2,1H3. The van der Waals surface area contributed by atoms with Gasteiger partial charge in [0, 0.05) is 21.1 Å². The van der Waals surface area contributed by atoms with Crippen LogP contribution < -0.4 is 5.73 Å². The molecule has 1 nitrogen and oxygen atoms in total. The van der Waals surface area contributed by atoms with Crippen LogP contribution in [0.2, 0.25) is 5.02 Å². The maximum absolute atomic E-state index is 13.7. The molecule has 0 amide bonds. The maximum Gasteiger partial charge on any atom is 0.127 e. The highest BCUT2D eigenvalue weighted by Crippen LogP contribution is 2.26. The van der Waals surface area contributed by atoms with Gasteiger partial charge in [-0.1, -0.05) is 45.7 Å². The summed E-state index contributed by atoms with van der Waals surface area (Å²) in [4.78, 5) is 0. The lowest BCUT2D eigenvalue weighted by Gasteiger charge is -2.15. The summed E-state index contributed by atoms with van der Waals surface area (Å²) in [6, 6.07) is 10.3. The normalized spacial score (nSPS) is 12.5. The molecule has 0 heterocycles. The first-order chi connectivity index (χ1) is 8.99. The van der Waals surface area contributed by atoms with Gasteiger partial charge in [0.05, 0.1) is 0 Å². The monoisotopic (exact) mass is 341 g/mol. The van der Waals surface area contributed by atoms with Crippen molar-refractivity contribution in [3.63, 3.8) is 0 Å². The van der Waals surface area contributed by atoms with E-state index in [0.717, 1.165) is 15.6 Å². The van der Waals surface area contributed by atoms with Crippen molar-refractivity contribution in [1.29, 1.82) is 0 Å². The molecule has 0 aliphatic carbocycles. The molecule has 100 valence electrons. The van der Waals surface area contributed by atoms with Crippen molar-refractivity contribution < 1.29 is 4.39 Å². The van der Waals surface area contributed by atoms with Crippen LogP contribution in [0.1, 0.15) is 22.7 Å². The minimum Gasteiger partial charge on any atom is -0.324 e. The number of benzene rings is 2. The molecule has 0 radical (unpaired) electrons. The third-order valence-corrected chi connectivity index (χ3v) is 4.34. The Balaban J connectivity index is 2.25. The lowest BCUT2D eigenvalue weighted by Crippen LogP contribution is -2.14. The van der Waals surface area contributed by atoms with Crippen LogP contribution in [0.5, 0.6) is 0 Å². The minimum absolute atomic E-state index is 0.277. The Morgan fingerprint density at radius 2 is 2.05 bits per heavy atom. The molecule has 0 saturated heterocycles. The van der Waals surface area contributed by atoms with Crippen molar-refractivity contribution >= 4 is 27.5 Å². The van der Waals surface area contributed by atoms with Gasteiger partial charge in [0.2, 0.25) is 0 Å². The molecule has 1 atom stereocenters. The van der Waals surface area contributed by atoms with Crippen LogP contribution in [0.15, 0.2) is 40.9 Å². The van der Waals surface area contributed by atoms with E-state index in [4.69, 9.17) is 17.3 Å². The average molecular weight is 343 g/mol. The molecule has 2 aromatic rings. The van der Waals surface area contributed by atoms with Crippen molar-refractivity contribution in [2.24, 2.45) is 5.73 Å². The third-order valence-electron chi connectivity index (χ3n) is 3.10. The average Bonchev–Trinajstić information content (AvgIpc) is 2.37. The van der Waals surface area contributed by atoms with Crippen molar-refractivity contribution in [2.75, 3.05) is 0 Å². The van der Waals surface area contributed by atoms with Crippen LogP contribution >= 0.6 is 27.5 Å². The van der Waals surface area contributed by atoms with Gasteiger partial charge in [0.25, 0.3) is 0 Å². The predicted octanol–water partition coefficient (Wildman–Crippen LogP) is 4.79. The molecule has 2 rings (SSSR count). The highest BCUT2D eigenvalue weighted by atomic mass is 79.9. The highest BCUT2D eigenvalue weighted by molar-refractivity contribution is 9.10. The maximum atomic E-state index is 13.7. The predicted molar refractivity (Wildman–Crippen MR) is 80.9 cm³/mol. The Morgan fingerprint density at radius 3 is 2.68 bits per heavy atom. The van der Waals surface area contributed by atoms with Crippen LogP contribution in [-0.2, 0) is 6.42 Å². The van der Waals surface area contributed by atoms with Crippen LogP contribution in [0.4, 0.5) is 4.39 Å². The van der Waals surface area contributed by atoms with E-state index in [0.29, 0.717) is 17.0 Å². The summed E-state index contributed by atoms with van der Waals surface area (Å²) >= 11 is 9.46. The first-order valence-electron chi connectivity index (χ1n) is 5.93. The molecule has 2 N–H and O–H groups in total. The SMILES string of the molecule is Cc1cc(C(N)Cc2c(F)cccc2Cl)ccc1Br. The molecule has 4 heteroatoms. The van der Waals surface area contributed by atoms with Crippen LogP contribution in [0.3, 0.4) is 0 Å². The number of aryl methyl sites for hydroxylation is 1. The second-order valence-electron chi connectivity index (χ2n) is 4.52. The Morgan fingerprint density at radius 1 is 1.32 bits per heavy atom. The molecule has 0 aliphatic heterocycles. The summed E-state index contributed by atoms with van der Waals surface area (Å²) in [7, 11) is 0. The van der Waals surface area contributed by atoms with E-state index in [9.17, 15) is 4.39 Å². The first-order valence-corrected chi connectivity index (χ1v) is 7.10. The van der Waals surface area contributed by atoms with E-state index in [-0.39, 0.29) is 11.9 Å². The molecule has 0 saturated carbocycles. The van der Waals surface area contributed by atoms with Gasteiger partial charge in [0.15, 0.2) is 0 Å². The van der Waals surface area contributed by atoms with Gasteiger partial charge in [0.1, 0.15) is 5.82 Å². The molecule has 2 aromatic carbocycles. The smallest absolute Gasteiger partial charge is 0.127 e. The third kappa shape index (κ3) is 3.35. The fourth-order valence-corrected chi connectivity index (χ4v) is 2.45. The van der Waals surface area contributed by atoms with Gasteiger partial charge >= 0.3 is 0 Å². The van der Waals surface area contributed by atoms with E-state index in [2.05, 4.69) is 15.9 Å². The second kappa shape index (κ2) is 6.04. The second-order valence-corrected chi connectivity index (χ2v) is 5.78. The summed E-state index contributed by atoms with van der Waals surface area (Å²) in [5.74, 6) is -0.309. The zero-order valence-electron chi connectivity index (χ0n) is 10.5. The first kappa shape index (κ1) is 14.5. The Labute approximate surface area is 125 Å². The van der Waals surface area contributed by atoms with Gasteiger partial charge in [-0.15, -0.1) is 0 Å². The number of rotatable bonds is 3. The van der Waals surface area contributed by atoms with Crippen molar-refractivity contribution in [3.05, 3.63) is 68.4 Å². The molecule has 0 spiro atoms. The van der Waals surface area contributed by atoms with Crippen molar-refractivity contribution in [2.45, 2.75) is 19.4 Å². The lowest BCUT2D eigenvalue weighted by atomic mass is 9.98. The molecule has 1 unspecified atom stereocenters. The zero-order chi connectivity index (χ0) is 14.0. The number of nitrogens with two attached hydrogens (primary N) is 1. The van der Waals surface area contributed by atoms with Gasteiger partial charge in [-0.3, -0.25) is 0 Å². The number of hydrogen-bond acceptors (Lipinski definition) is 1. The van der Waals surface area contributed by atoms with E-state index in [1.54, 1.807) is 12.1 Å². The van der Waals surface area contributed by atoms with Crippen LogP contribution in [0, 0.1) is 12.7 Å². The summed E-state index contributed by atoms with van der Waals surface area (Å²) in [5, 5.41) is 0.421. The van der Waals surface area contributed by atoms with Crippen LogP contribution in [-0.4, -0.2) is 0 Å². The van der Waals surface area contributed by atoms with Gasteiger partial charge in [-0.25, -0.2) is 4.39 Å². The lowest BCUT2D eigenvalue weighted by molar-refractivity contribution is 0.593. The molecular formula is C15H14BrClFN. The Bertz CT molecular complexity index is 580. The molecular weight excluding hydrogens is 329 g/mol. The van der Waals surface area contributed by atoms with Crippen LogP contribution in [0.25, 0.3) is 0 Å². The summed E-state index contributed by atoms with van der Waals surface area (Å²) in [6.45, 7) is 2.00. The topological polar surface area (TPSA) is 26.0 Å². The molecule has 0 bridgehead atoms. The van der Waals surface area contributed by atoms with Gasteiger partial charge in [-0.05, 0) is 42.7 Å². The van der Waals surface area contributed by atoms with Gasteiger partial charge in [-0.2, -0.15) is 0 Å². The molecule has 0 aliphatic rings. The van der Waals surface area contributed by atoms with E-state index in [1.165, 1.54) is 6.07 Å². The van der Waals surface area contributed by atoms with E-state index >= 15 is 0 Å². The fraction of sp³-hybridized carbons (Fsp3) is 0.200. The van der Waals surface area contributed by atoms with E-state index < -0.39 is 0 Å². The number of hydrogen-bond donors (Lipinski definition) is 1.